The van der Waals surface area contributed by atoms with Crippen molar-refractivity contribution in [3.05, 3.63) is 35.9 Å². The van der Waals surface area contributed by atoms with Crippen LogP contribution >= 0.6 is 0 Å². The van der Waals surface area contributed by atoms with Gasteiger partial charge in [0.15, 0.2) is 0 Å². The minimum atomic E-state index is -0.836. The quantitative estimate of drug-likeness (QED) is 0.809. The molecule has 1 atom stereocenters. The van der Waals surface area contributed by atoms with E-state index in [4.69, 9.17) is 5.11 Å². The number of carboxylic acids is 1. The number of carbonyl (C=O) groups is 2. The Hall–Kier alpha value is -1.84. The number of hydrogen-bond donors (Lipinski definition) is 2. The predicted octanol–water partition coefficient (Wildman–Crippen LogP) is 2.12. The third-order valence-corrected chi connectivity index (χ3v) is 3.11. The van der Waals surface area contributed by atoms with E-state index in [2.05, 4.69) is 5.32 Å². The molecule has 96 valence electrons. The fourth-order valence-corrected chi connectivity index (χ4v) is 1.91. The van der Waals surface area contributed by atoms with Gasteiger partial charge in [-0.05, 0) is 24.8 Å². The summed E-state index contributed by atoms with van der Waals surface area (Å²) < 4.78 is 0. The zero-order chi connectivity index (χ0) is 13.0. The molecule has 2 rings (SSSR count). The first-order valence-electron chi connectivity index (χ1n) is 6.24. The molecule has 0 radical (unpaired) electrons. The van der Waals surface area contributed by atoms with Crippen LogP contribution < -0.4 is 5.32 Å². The minimum absolute atomic E-state index is 0.0502. The van der Waals surface area contributed by atoms with Crippen molar-refractivity contribution in [2.45, 2.75) is 31.7 Å². The molecule has 4 heteroatoms. The molecule has 1 saturated carbocycles. The topological polar surface area (TPSA) is 66.4 Å². The Morgan fingerprint density at radius 2 is 1.94 bits per heavy atom. The smallest absolute Gasteiger partial charge is 0.303 e. The molecular weight excluding hydrogens is 230 g/mol. The predicted molar refractivity (Wildman–Crippen MR) is 66.9 cm³/mol. The molecule has 0 spiro atoms. The fraction of sp³-hybridized carbons (Fsp3) is 0.429. The Morgan fingerprint density at radius 1 is 1.28 bits per heavy atom. The van der Waals surface area contributed by atoms with Crippen molar-refractivity contribution in [3.63, 3.8) is 0 Å². The Balaban J connectivity index is 2.01. The summed E-state index contributed by atoms with van der Waals surface area (Å²) in [7, 11) is 0. The number of aliphatic carboxylic acids is 1. The first-order valence-corrected chi connectivity index (χ1v) is 6.24. The third kappa shape index (κ3) is 3.58. The third-order valence-electron chi connectivity index (χ3n) is 3.11. The second-order valence-corrected chi connectivity index (χ2v) is 4.68. The largest absolute Gasteiger partial charge is 0.481 e. The highest BCUT2D eigenvalue weighted by Crippen LogP contribution is 2.30. The van der Waals surface area contributed by atoms with E-state index in [0.717, 1.165) is 18.4 Å². The van der Waals surface area contributed by atoms with E-state index < -0.39 is 5.97 Å². The van der Waals surface area contributed by atoms with Gasteiger partial charge in [-0.2, -0.15) is 0 Å². The zero-order valence-corrected chi connectivity index (χ0v) is 10.1. The lowest BCUT2D eigenvalue weighted by Gasteiger charge is -2.18. The van der Waals surface area contributed by atoms with Crippen LogP contribution in [0.25, 0.3) is 0 Å². The molecule has 0 aliphatic heterocycles. The lowest BCUT2D eigenvalue weighted by Crippen LogP contribution is -2.30. The summed E-state index contributed by atoms with van der Waals surface area (Å²) >= 11 is 0. The Labute approximate surface area is 106 Å². The Morgan fingerprint density at radius 3 is 2.50 bits per heavy atom. The summed E-state index contributed by atoms with van der Waals surface area (Å²) in [5.41, 5.74) is 0.966. The van der Waals surface area contributed by atoms with Gasteiger partial charge >= 0.3 is 5.97 Å². The minimum Gasteiger partial charge on any atom is -0.481 e. The SMILES string of the molecule is O=C(O)CCC(NC(=O)C1CC1)c1ccccc1. The van der Waals surface area contributed by atoms with E-state index in [9.17, 15) is 9.59 Å². The summed E-state index contributed by atoms with van der Waals surface area (Å²) in [4.78, 5) is 22.4. The molecule has 18 heavy (non-hydrogen) atoms. The molecule has 0 bridgehead atoms. The van der Waals surface area contributed by atoms with Gasteiger partial charge < -0.3 is 10.4 Å². The number of rotatable bonds is 6. The van der Waals surface area contributed by atoms with Crippen molar-refractivity contribution in [1.29, 1.82) is 0 Å². The van der Waals surface area contributed by atoms with Crippen LogP contribution in [0.3, 0.4) is 0 Å². The van der Waals surface area contributed by atoms with Crippen LogP contribution in [0.5, 0.6) is 0 Å². The van der Waals surface area contributed by atoms with Gasteiger partial charge in [0.2, 0.25) is 5.91 Å². The van der Waals surface area contributed by atoms with Crippen LogP contribution in [0.4, 0.5) is 0 Å². The molecule has 1 aliphatic carbocycles. The molecule has 1 amide bonds. The molecule has 1 aromatic carbocycles. The Kier molecular flexibility index (Phi) is 3.97. The van der Waals surface area contributed by atoms with Gasteiger partial charge in [0, 0.05) is 12.3 Å². The van der Waals surface area contributed by atoms with Gasteiger partial charge in [0.05, 0.1) is 6.04 Å². The average Bonchev–Trinajstić information content (AvgIpc) is 3.19. The first-order chi connectivity index (χ1) is 8.66. The van der Waals surface area contributed by atoms with Crippen LogP contribution in [0.1, 0.15) is 37.3 Å². The number of nitrogens with one attached hydrogen (secondary N) is 1. The maximum atomic E-state index is 11.8. The molecule has 0 heterocycles. The van der Waals surface area contributed by atoms with E-state index >= 15 is 0 Å². The van der Waals surface area contributed by atoms with Crippen molar-refractivity contribution in [3.8, 4) is 0 Å². The molecule has 4 nitrogen and oxygen atoms in total. The van der Waals surface area contributed by atoms with E-state index in [1.807, 2.05) is 30.3 Å². The van der Waals surface area contributed by atoms with Crippen LogP contribution in [0.15, 0.2) is 30.3 Å². The molecule has 1 unspecified atom stereocenters. The second-order valence-electron chi connectivity index (χ2n) is 4.68. The molecule has 2 N–H and O–H groups in total. The van der Waals surface area contributed by atoms with E-state index in [1.165, 1.54) is 0 Å². The van der Waals surface area contributed by atoms with Crippen molar-refractivity contribution >= 4 is 11.9 Å². The van der Waals surface area contributed by atoms with Crippen LogP contribution in [0.2, 0.25) is 0 Å². The average molecular weight is 247 g/mol. The number of amides is 1. The van der Waals surface area contributed by atoms with Crippen molar-refractivity contribution in [1.82, 2.24) is 5.32 Å². The van der Waals surface area contributed by atoms with Gasteiger partial charge in [-0.25, -0.2) is 0 Å². The molecule has 0 aromatic heterocycles. The Bertz CT molecular complexity index is 426. The highest BCUT2D eigenvalue weighted by molar-refractivity contribution is 5.81. The first kappa shape index (κ1) is 12.6. The molecule has 1 fully saturated rings. The summed E-state index contributed by atoms with van der Waals surface area (Å²) in [6, 6.07) is 9.33. The van der Waals surface area contributed by atoms with Crippen molar-refractivity contribution in [2.75, 3.05) is 0 Å². The van der Waals surface area contributed by atoms with Crippen LogP contribution in [0, 0.1) is 5.92 Å². The maximum absolute atomic E-state index is 11.8. The molecule has 1 aliphatic rings. The summed E-state index contributed by atoms with van der Waals surface area (Å²) in [6.45, 7) is 0. The molecule has 0 saturated heterocycles. The van der Waals surface area contributed by atoms with E-state index in [1.54, 1.807) is 0 Å². The zero-order valence-electron chi connectivity index (χ0n) is 10.1. The number of benzene rings is 1. The standard InChI is InChI=1S/C14H17NO3/c16-13(17)9-8-12(10-4-2-1-3-5-10)15-14(18)11-6-7-11/h1-5,11-12H,6-9H2,(H,15,18)(H,16,17). The highest BCUT2D eigenvalue weighted by atomic mass is 16.4. The van der Waals surface area contributed by atoms with Gasteiger partial charge in [0.1, 0.15) is 0 Å². The summed E-state index contributed by atoms with van der Waals surface area (Å²) in [5.74, 6) is -0.646. The lowest BCUT2D eigenvalue weighted by molar-refractivity contribution is -0.137. The normalized spacial score (nSPS) is 16.0. The van der Waals surface area contributed by atoms with Crippen molar-refractivity contribution < 1.29 is 14.7 Å². The summed E-state index contributed by atoms with van der Waals surface area (Å²) in [5, 5.41) is 11.7. The maximum Gasteiger partial charge on any atom is 0.303 e. The highest BCUT2D eigenvalue weighted by Gasteiger charge is 2.31. The number of carboxylic acid groups (broad SMARTS) is 1. The van der Waals surface area contributed by atoms with Crippen molar-refractivity contribution in [2.24, 2.45) is 5.92 Å². The van der Waals surface area contributed by atoms with E-state index in [0.29, 0.717) is 6.42 Å². The van der Waals surface area contributed by atoms with Gasteiger partial charge in [-0.3, -0.25) is 9.59 Å². The van der Waals surface area contributed by atoms with Crippen LogP contribution in [-0.2, 0) is 9.59 Å². The van der Waals surface area contributed by atoms with Crippen LogP contribution in [-0.4, -0.2) is 17.0 Å². The lowest BCUT2D eigenvalue weighted by atomic mass is 10.0. The second kappa shape index (κ2) is 5.67. The van der Waals surface area contributed by atoms with Gasteiger partial charge in [-0.15, -0.1) is 0 Å². The summed E-state index contributed by atoms with van der Waals surface area (Å²) in [6.07, 6.45) is 2.39. The number of carbonyl (C=O) groups excluding carboxylic acids is 1. The number of hydrogen-bond acceptors (Lipinski definition) is 2. The van der Waals surface area contributed by atoms with Gasteiger partial charge in [-0.1, -0.05) is 30.3 Å². The fourth-order valence-electron chi connectivity index (χ4n) is 1.91. The monoisotopic (exact) mass is 247 g/mol. The van der Waals surface area contributed by atoms with E-state index in [-0.39, 0.29) is 24.3 Å². The van der Waals surface area contributed by atoms with Gasteiger partial charge in [0.25, 0.3) is 0 Å². The molecular formula is C14H17NO3. The molecule has 1 aromatic rings.